The number of hydrogen-bond acceptors (Lipinski definition) is 3. The van der Waals surface area contributed by atoms with Crippen molar-refractivity contribution >= 4 is 10.0 Å². The Morgan fingerprint density at radius 1 is 1.17 bits per heavy atom. The maximum absolute atomic E-state index is 11.8. The second-order valence-corrected chi connectivity index (χ2v) is 6.71. The zero-order valence-electron chi connectivity index (χ0n) is 11.1. The van der Waals surface area contributed by atoms with Crippen LogP contribution in [0.25, 0.3) is 0 Å². The molecular formula is C13H21NO3S. The second-order valence-electron chi connectivity index (χ2n) is 4.94. The molecule has 2 N–H and O–H groups in total. The topological polar surface area (TPSA) is 66.4 Å². The standard InChI is InChI=1S/C13H21NO3S/c1-10(2)8-12-4-6-13(7-5-12)18(16,17)14-9-11(3)15/h4-7,10-11,14-15H,8-9H2,1-3H3/t11-/m1/s1. The van der Waals surface area contributed by atoms with Crippen LogP contribution in [-0.4, -0.2) is 26.2 Å². The molecular weight excluding hydrogens is 250 g/mol. The monoisotopic (exact) mass is 271 g/mol. The second kappa shape index (κ2) is 6.31. The summed E-state index contributed by atoms with van der Waals surface area (Å²) in [5.41, 5.74) is 1.12. The van der Waals surface area contributed by atoms with Crippen LogP contribution in [0.4, 0.5) is 0 Å². The molecule has 0 spiro atoms. The fourth-order valence-corrected chi connectivity index (χ4v) is 2.71. The first-order valence-electron chi connectivity index (χ1n) is 6.08. The first kappa shape index (κ1) is 15.1. The van der Waals surface area contributed by atoms with Crippen molar-refractivity contribution in [3.8, 4) is 0 Å². The Morgan fingerprint density at radius 2 is 1.72 bits per heavy atom. The van der Waals surface area contributed by atoms with E-state index in [0.29, 0.717) is 5.92 Å². The van der Waals surface area contributed by atoms with Crippen molar-refractivity contribution in [1.29, 1.82) is 0 Å². The van der Waals surface area contributed by atoms with E-state index in [1.807, 2.05) is 12.1 Å². The fraction of sp³-hybridized carbons (Fsp3) is 0.538. The number of hydrogen-bond donors (Lipinski definition) is 2. The Hall–Kier alpha value is -0.910. The smallest absolute Gasteiger partial charge is 0.240 e. The van der Waals surface area contributed by atoms with Gasteiger partial charge in [-0.15, -0.1) is 0 Å². The van der Waals surface area contributed by atoms with E-state index in [2.05, 4.69) is 18.6 Å². The molecule has 0 radical (unpaired) electrons. The van der Waals surface area contributed by atoms with Crippen LogP contribution in [0.3, 0.4) is 0 Å². The van der Waals surface area contributed by atoms with Crippen LogP contribution in [0.5, 0.6) is 0 Å². The first-order valence-corrected chi connectivity index (χ1v) is 7.56. The molecule has 0 bridgehead atoms. The molecule has 1 rings (SSSR count). The lowest BCUT2D eigenvalue weighted by atomic mass is 10.0. The molecule has 1 aromatic carbocycles. The third-order valence-electron chi connectivity index (χ3n) is 2.45. The fourth-order valence-electron chi connectivity index (χ4n) is 1.59. The molecule has 1 atom stereocenters. The number of aliphatic hydroxyl groups excluding tert-OH is 1. The maximum Gasteiger partial charge on any atom is 0.240 e. The van der Waals surface area contributed by atoms with Crippen molar-refractivity contribution in [3.05, 3.63) is 29.8 Å². The minimum absolute atomic E-state index is 0.0239. The highest BCUT2D eigenvalue weighted by atomic mass is 32.2. The minimum Gasteiger partial charge on any atom is -0.392 e. The average Bonchev–Trinajstić information content (AvgIpc) is 2.26. The van der Waals surface area contributed by atoms with Crippen molar-refractivity contribution in [2.24, 2.45) is 5.92 Å². The molecule has 0 amide bonds. The third kappa shape index (κ3) is 4.76. The van der Waals surface area contributed by atoms with Gasteiger partial charge in [-0.1, -0.05) is 26.0 Å². The van der Waals surface area contributed by atoms with Crippen LogP contribution in [0.2, 0.25) is 0 Å². The van der Waals surface area contributed by atoms with E-state index in [1.165, 1.54) is 6.92 Å². The summed E-state index contributed by atoms with van der Waals surface area (Å²) in [5.74, 6) is 0.542. The average molecular weight is 271 g/mol. The van der Waals surface area contributed by atoms with Crippen LogP contribution in [-0.2, 0) is 16.4 Å². The summed E-state index contributed by atoms with van der Waals surface area (Å²) >= 11 is 0. The van der Waals surface area contributed by atoms with Gasteiger partial charge in [-0.05, 0) is 37.0 Å². The Labute approximate surface area is 109 Å². The maximum atomic E-state index is 11.8. The van der Waals surface area contributed by atoms with E-state index < -0.39 is 16.1 Å². The highest BCUT2D eigenvalue weighted by Crippen LogP contribution is 2.13. The molecule has 0 heterocycles. The summed E-state index contributed by atoms with van der Waals surface area (Å²) in [4.78, 5) is 0.232. The molecule has 0 aliphatic carbocycles. The molecule has 0 unspecified atom stereocenters. The minimum atomic E-state index is -3.51. The van der Waals surface area contributed by atoms with Gasteiger partial charge >= 0.3 is 0 Å². The zero-order chi connectivity index (χ0) is 13.8. The van der Waals surface area contributed by atoms with Crippen LogP contribution in [0, 0.1) is 5.92 Å². The quantitative estimate of drug-likeness (QED) is 0.825. The van der Waals surface area contributed by atoms with Gasteiger partial charge in [0.1, 0.15) is 0 Å². The van der Waals surface area contributed by atoms with Crippen molar-refractivity contribution < 1.29 is 13.5 Å². The molecule has 0 aromatic heterocycles. The van der Waals surface area contributed by atoms with Gasteiger partial charge in [0.2, 0.25) is 10.0 Å². The number of nitrogens with one attached hydrogen (secondary N) is 1. The number of sulfonamides is 1. The van der Waals surface area contributed by atoms with Crippen LogP contribution >= 0.6 is 0 Å². The Bertz CT molecular complexity index is 464. The summed E-state index contributed by atoms with van der Waals surface area (Å²) in [7, 11) is -3.51. The highest BCUT2D eigenvalue weighted by molar-refractivity contribution is 7.89. The van der Waals surface area contributed by atoms with Gasteiger partial charge in [0.05, 0.1) is 11.0 Å². The summed E-state index contributed by atoms with van der Waals surface area (Å²) in [5, 5.41) is 9.08. The third-order valence-corrected chi connectivity index (χ3v) is 3.89. The van der Waals surface area contributed by atoms with Crippen LogP contribution in [0.1, 0.15) is 26.3 Å². The molecule has 0 aliphatic heterocycles. The Morgan fingerprint density at radius 3 is 2.17 bits per heavy atom. The lowest BCUT2D eigenvalue weighted by Crippen LogP contribution is -2.30. The van der Waals surface area contributed by atoms with Crippen molar-refractivity contribution in [2.75, 3.05) is 6.54 Å². The van der Waals surface area contributed by atoms with E-state index in [-0.39, 0.29) is 11.4 Å². The van der Waals surface area contributed by atoms with E-state index in [0.717, 1.165) is 12.0 Å². The summed E-state index contributed by atoms with van der Waals surface area (Å²) < 4.78 is 26.1. The first-order chi connectivity index (χ1) is 8.31. The van der Waals surface area contributed by atoms with E-state index in [9.17, 15) is 8.42 Å². The van der Waals surface area contributed by atoms with Gasteiger partial charge in [0.25, 0.3) is 0 Å². The van der Waals surface area contributed by atoms with Gasteiger partial charge in [-0.2, -0.15) is 0 Å². The summed E-state index contributed by atoms with van der Waals surface area (Å²) in [6.07, 6.45) is 0.238. The SMILES string of the molecule is CC(C)Cc1ccc(S(=O)(=O)NC[C@@H](C)O)cc1. The Balaban J connectivity index is 2.78. The van der Waals surface area contributed by atoms with Crippen LogP contribution < -0.4 is 4.72 Å². The molecule has 5 heteroatoms. The normalized spacial score (nSPS) is 13.8. The molecule has 4 nitrogen and oxygen atoms in total. The van der Waals surface area contributed by atoms with Gasteiger partial charge < -0.3 is 5.11 Å². The highest BCUT2D eigenvalue weighted by Gasteiger charge is 2.14. The van der Waals surface area contributed by atoms with Gasteiger partial charge in [0.15, 0.2) is 0 Å². The molecule has 1 aromatic rings. The summed E-state index contributed by atoms with van der Waals surface area (Å²) in [6.45, 7) is 5.80. The molecule has 18 heavy (non-hydrogen) atoms. The van der Waals surface area contributed by atoms with Gasteiger partial charge in [-0.25, -0.2) is 13.1 Å². The Kier molecular flexibility index (Phi) is 5.31. The van der Waals surface area contributed by atoms with Gasteiger partial charge in [-0.3, -0.25) is 0 Å². The van der Waals surface area contributed by atoms with Crippen LogP contribution in [0.15, 0.2) is 29.2 Å². The number of benzene rings is 1. The lowest BCUT2D eigenvalue weighted by molar-refractivity contribution is 0.198. The van der Waals surface area contributed by atoms with Crippen molar-refractivity contribution in [2.45, 2.75) is 38.2 Å². The van der Waals surface area contributed by atoms with E-state index >= 15 is 0 Å². The zero-order valence-corrected chi connectivity index (χ0v) is 11.9. The van der Waals surface area contributed by atoms with Gasteiger partial charge in [0, 0.05) is 6.54 Å². The largest absolute Gasteiger partial charge is 0.392 e. The lowest BCUT2D eigenvalue weighted by Gasteiger charge is -2.09. The predicted octanol–water partition coefficient (Wildman–Crippen LogP) is 1.54. The van der Waals surface area contributed by atoms with E-state index in [4.69, 9.17) is 5.11 Å². The predicted molar refractivity (Wildman–Crippen MR) is 71.9 cm³/mol. The van der Waals surface area contributed by atoms with Crippen molar-refractivity contribution in [3.63, 3.8) is 0 Å². The molecule has 102 valence electrons. The molecule has 0 aliphatic rings. The number of rotatable bonds is 6. The molecule has 0 saturated heterocycles. The molecule has 0 fully saturated rings. The molecule has 0 saturated carbocycles. The van der Waals surface area contributed by atoms with E-state index in [1.54, 1.807) is 12.1 Å². The summed E-state index contributed by atoms with van der Waals surface area (Å²) in [6, 6.07) is 6.86. The number of aliphatic hydroxyl groups is 1. The van der Waals surface area contributed by atoms with Crippen molar-refractivity contribution in [1.82, 2.24) is 4.72 Å².